The first-order valence-electron chi connectivity index (χ1n) is 8.74. The monoisotopic (exact) mass is 404 g/mol. The second-order valence-electron chi connectivity index (χ2n) is 6.32. The molecule has 0 unspecified atom stereocenters. The zero-order chi connectivity index (χ0) is 20.4. The van der Waals surface area contributed by atoms with Crippen LogP contribution < -0.4 is 4.90 Å². The Labute approximate surface area is 163 Å². The van der Waals surface area contributed by atoms with Crippen LogP contribution in [-0.2, 0) is 6.18 Å². The SMILES string of the molecule is O=C(c1ccccn1)N1CCN(c2ccc(-c3noc(C(F)(F)F)n3)cn2)CC1. The van der Waals surface area contributed by atoms with E-state index in [1.807, 2.05) is 4.90 Å². The first-order valence-corrected chi connectivity index (χ1v) is 8.74. The number of nitrogens with zero attached hydrogens (tertiary/aromatic N) is 6. The van der Waals surface area contributed by atoms with Crippen molar-refractivity contribution in [3.8, 4) is 11.4 Å². The standard InChI is InChI=1S/C18H15F3N6O2/c19-18(20,21)17-24-15(25-29-17)12-4-5-14(23-11-12)26-7-9-27(10-8-26)16(28)13-3-1-2-6-22-13/h1-6,11H,7-10H2. The van der Waals surface area contributed by atoms with Crippen molar-refractivity contribution in [3.63, 3.8) is 0 Å². The molecular weight excluding hydrogens is 389 g/mol. The van der Waals surface area contributed by atoms with Crippen LogP contribution in [0.25, 0.3) is 11.4 Å². The number of amides is 1. The fourth-order valence-electron chi connectivity index (χ4n) is 2.95. The highest BCUT2D eigenvalue weighted by Gasteiger charge is 2.38. The third kappa shape index (κ3) is 4.03. The van der Waals surface area contributed by atoms with Gasteiger partial charge in [0.25, 0.3) is 5.91 Å². The minimum Gasteiger partial charge on any atom is -0.353 e. The van der Waals surface area contributed by atoms with E-state index < -0.39 is 12.1 Å². The van der Waals surface area contributed by atoms with E-state index in [1.165, 1.54) is 6.20 Å². The van der Waals surface area contributed by atoms with Crippen LogP contribution in [-0.4, -0.2) is 57.1 Å². The summed E-state index contributed by atoms with van der Waals surface area (Å²) in [7, 11) is 0. The maximum Gasteiger partial charge on any atom is 0.471 e. The van der Waals surface area contributed by atoms with Crippen LogP contribution in [0.5, 0.6) is 0 Å². The van der Waals surface area contributed by atoms with E-state index in [2.05, 4.69) is 24.6 Å². The van der Waals surface area contributed by atoms with Gasteiger partial charge in [0.1, 0.15) is 11.5 Å². The van der Waals surface area contributed by atoms with Gasteiger partial charge in [-0.25, -0.2) is 4.98 Å². The quantitative estimate of drug-likeness (QED) is 0.663. The van der Waals surface area contributed by atoms with Crippen molar-refractivity contribution in [2.75, 3.05) is 31.1 Å². The Hall–Kier alpha value is -3.50. The van der Waals surface area contributed by atoms with Crippen molar-refractivity contribution in [1.29, 1.82) is 0 Å². The number of halogens is 3. The van der Waals surface area contributed by atoms with Gasteiger partial charge in [0.05, 0.1) is 0 Å². The maximum absolute atomic E-state index is 12.6. The summed E-state index contributed by atoms with van der Waals surface area (Å²) in [5.74, 6) is -1.04. The van der Waals surface area contributed by atoms with E-state index in [4.69, 9.17) is 0 Å². The number of hydrogen-bond acceptors (Lipinski definition) is 7. The summed E-state index contributed by atoms with van der Waals surface area (Å²) in [6, 6.07) is 8.46. The van der Waals surface area contributed by atoms with Crippen molar-refractivity contribution in [2.45, 2.75) is 6.18 Å². The first-order chi connectivity index (χ1) is 13.9. The Morgan fingerprint density at radius 1 is 1.03 bits per heavy atom. The molecule has 1 amide bonds. The van der Waals surface area contributed by atoms with Crippen LogP contribution in [0.3, 0.4) is 0 Å². The normalized spacial score (nSPS) is 14.9. The molecule has 0 aromatic carbocycles. The van der Waals surface area contributed by atoms with Crippen LogP contribution in [0.2, 0.25) is 0 Å². The number of pyridine rings is 2. The molecule has 0 bridgehead atoms. The molecule has 4 heterocycles. The molecule has 1 aliphatic rings. The van der Waals surface area contributed by atoms with Crippen molar-refractivity contribution in [3.05, 3.63) is 54.3 Å². The molecule has 1 fully saturated rings. The topological polar surface area (TPSA) is 88.3 Å². The molecule has 3 aromatic rings. The number of carbonyl (C=O) groups excluding carboxylic acids is 1. The molecule has 4 rings (SSSR count). The number of carbonyl (C=O) groups is 1. The number of rotatable bonds is 3. The lowest BCUT2D eigenvalue weighted by atomic mass is 10.2. The highest BCUT2D eigenvalue weighted by atomic mass is 19.4. The van der Waals surface area contributed by atoms with Crippen LogP contribution in [0.4, 0.5) is 19.0 Å². The summed E-state index contributed by atoms with van der Waals surface area (Å²) >= 11 is 0. The molecule has 8 nitrogen and oxygen atoms in total. The molecule has 0 saturated carbocycles. The molecule has 0 aliphatic carbocycles. The molecule has 29 heavy (non-hydrogen) atoms. The lowest BCUT2D eigenvalue weighted by Gasteiger charge is -2.35. The van der Waals surface area contributed by atoms with E-state index in [1.54, 1.807) is 41.4 Å². The Kier molecular flexibility index (Phi) is 4.87. The minimum atomic E-state index is -4.69. The fourth-order valence-corrected chi connectivity index (χ4v) is 2.95. The first kappa shape index (κ1) is 18.8. The van der Waals surface area contributed by atoms with Crippen molar-refractivity contribution < 1.29 is 22.5 Å². The Balaban J connectivity index is 1.39. The number of piperazine rings is 1. The highest BCUT2D eigenvalue weighted by molar-refractivity contribution is 5.92. The minimum absolute atomic E-state index is 0.119. The Bertz CT molecular complexity index is 983. The van der Waals surface area contributed by atoms with E-state index in [9.17, 15) is 18.0 Å². The van der Waals surface area contributed by atoms with E-state index >= 15 is 0 Å². The number of hydrogen-bond donors (Lipinski definition) is 0. The predicted molar refractivity (Wildman–Crippen MR) is 94.9 cm³/mol. The molecule has 0 atom stereocenters. The molecular formula is C18H15F3N6O2. The summed E-state index contributed by atoms with van der Waals surface area (Å²) in [6.07, 6.45) is -1.72. The van der Waals surface area contributed by atoms with Gasteiger partial charge in [-0.2, -0.15) is 18.2 Å². The molecule has 0 spiro atoms. The lowest BCUT2D eigenvalue weighted by Crippen LogP contribution is -2.49. The lowest BCUT2D eigenvalue weighted by molar-refractivity contribution is -0.159. The fraction of sp³-hybridized carbons (Fsp3) is 0.278. The summed E-state index contributed by atoms with van der Waals surface area (Å²) in [5.41, 5.74) is 0.721. The van der Waals surface area contributed by atoms with E-state index in [0.717, 1.165) is 0 Å². The van der Waals surface area contributed by atoms with Crippen LogP contribution >= 0.6 is 0 Å². The summed E-state index contributed by atoms with van der Waals surface area (Å²) in [4.78, 5) is 27.9. The van der Waals surface area contributed by atoms with Gasteiger partial charge in [0.2, 0.25) is 5.82 Å². The van der Waals surface area contributed by atoms with Crippen LogP contribution in [0, 0.1) is 0 Å². The van der Waals surface area contributed by atoms with Gasteiger partial charge in [-0.05, 0) is 24.3 Å². The third-order valence-corrected chi connectivity index (χ3v) is 4.45. The largest absolute Gasteiger partial charge is 0.471 e. The molecule has 150 valence electrons. The van der Waals surface area contributed by atoms with Crippen molar-refractivity contribution in [1.82, 2.24) is 25.0 Å². The van der Waals surface area contributed by atoms with Gasteiger partial charge < -0.3 is 14.3 Å². The average molecular weight is 404 g/mol. The zero-order valence-electron chi connectivity index (χ0n) is 15.0. The van der Waals surface area contributed by atoms with Gasteiger partial charge in [-0.1, -0.05) is 11.2 Å². The highest BCUT2D eigenvalue weighted by Crippen LogP contribution is 2.29. The molecule has 11 heteroatoms. The number of anilines is 1. The smallest absolute Gasteiger partial charge is 0.353 e. The van der Waals surface area contributed by atoms with Crippen LogP contribution in [0.1, 0.15) is 16.4 Å². The summed E-state index contributed by atoms with van der Waals surface area (Å²) < 4.78 is 41.9. The maximum atomic E-state index is 12.6. The van der Waals surface area contributed by atoms with E-state index in [-0.39, 0.29) is 11.7 Å². The molecule has 1 saturated heterocycles. The number of alkyl halides is 3. The van der Waals surface area contributed by atoms with Gasteiger partial charge in [0, 0.05) is 44.1 Å². The second-order valence-corrected chi connectivity index (χ2v) is 6.32. The van der Waals surface area contributed by atoms with Crippen molar-refractivity contribution in [2.24, 2.45) is 0 Å². The average Bonchev–Trinajstić information content (AvgIpc) is 3.25. The Morgan fingerprint density at radius 3 is 2.41 bits per heavy atom. The van der Waals surface area contributed by atoms with Crippen LogP contribution in [0.15, 0.2) is 47.2 Å². The molecule has 0 radical (unpaired) electrons. The zero-order valence-corrected chi connectivity index (χ0v) is 15.0. The number of aromatic nitrogens is 4. The van der Waals surface area contributed by atoms with Crippen molar-refractivity contribution >= 4 is 11.7 Å². The van der Waals surface area contributed by atoms with Gasteiger partial charge in [-0.15, -0.1) is 0 Å². The van der Waals surface area contributed by atoms with E-state index in [0.29, 0.717) is 43.3 Å². The van der Waals surface area contributed by atoms with Gasteiger partial charge in [0.15, 0.2) is 0 Å². The predicted octanol–water partition coefficient (Wildman–Crippen LogP) is 2.51. The van der Waals surface area contributed by atoms with Gasteiger partial charge >= 0.3 is 12.1 Å². The second kappa shape index (κ2) is 7.49. The summed E-state index contributed by atoms with van der Waals surface area (Å²) in [5, 5.41) is 3.34. The molecule has 1 aliphatic heterocycles. The molecule has 0 N–H and O–H groups in total. The Morgan fingerprint density at radius 2 is 1.83 bits per heavy atom. The molecule has 3 aromatic heterocycles. The third-order valence-electron chi connectivity index (χ3n) is 4.45. The van der Waals surface area contributed by atoms with Gasteiger partial charge in [-0.3, -0.25) is 9.78 Å². The summed E-state index contributed by atoms with van der Waals surface area (Å²) in [6.45, 7) is 2.17.